The van der Waals surface area contributed by atoms with Gasteiger partial charge in [0.2, 0.25) is 5.91 Å². The third-order valence-corrected chi connectivity index (χ3v) is 2.45. The van der Waals surface area contributed by atoms with E-state index < -0.39 is 6.04 Å². The molecule has 19 heavy (non-hydrogen) atoms. The minimum absolute atomic E-state index is 0.132. The summed E-state index contributed by atoms with van der Waals surface area (Å²) in [7, 11) is 0. The van der Waals surface area contributed by atoms with Crippen molar-refractivity contribution in [3.8, 4) is 0 Å². The molecular formula is C12H19N5OS. The van der Waals surface area contributed by atoms with Gasteiger partial charge in [-0.25, -0.2) is 0 Å². The molecule has 0 spiro atoms. The maximum Gasteiger partial charge on any atom is 0.242 e. The Bertz CT molecular complexity index is 483. The predicted octanol–water partition coefficient (Wildman–Crippen LogP) is 0.826. The number of hydrogen-bond donors (Lipinski definition) is 3. The molecule has 1 aromatic heterocycles. The van der Waals surface area contributed by atoms with Crippen LogP contribution in [0.1, 0.15) is 33.3 Å². The van der Waals surface area contributed by atoms with Crippen molar-refractivity contribution in [3.63, 3.8) is 0 Å². The molecule has 1 aromatic rings. The van der Waals surface area contributed by atoms with Gasteiger partial charge < -0.3 is 16.4 Å². The number of carbonyl (C=O) groups excluding carboxylic acids is 1. The fourth-order valence-corrected chi connectivity index (χ4v) is 1.55. The average Bonchev–Trinajstić information content (AvgIpc) is 2.27. The number of nitrogens with two attached hydrogens (primary N) is 1. The molecule has 104 valence electrons. The SMILES string of the molecule is CC(Nc1nnccc1C(N)=S)C(=O)NC(C)(C)C. The number of amides is 1. The monoisotopic (exact) mass is 281 g/mol. The summed E-state index contributed by atoms with van der Waals surface area (Å²) in [6.45, 7) is 7.49. The van der Waals surface area contributed by atoms with E-state index in [-0.39, 0.29) is 16.4 Å². The van der Waals surface area contributed by atoms with Crippen molar-refractivity contribution < 1.29 is 4.79 Å². The quantitative estimate of drug-likeness (QED) is 0.708. The van der Waals surface area contributed by atoms with E-state index in [1.165, 1.54) is 6.20 Å². The minimum Gasteiger partial charge on any atom is -0.389 e. The van der Waals surface area contributed by atoms with Gasteiger partial charge in [0, 0.05) is 5.54 Å². The van der Waals surface area contributed by atoms with E-state index in [2.05, 4.69) is 20.8 Å². The Balaban J connectivity index is 2.80. The maximum atomic E-state index is 12.0. The lowest BCUT2D eigenvalue weighted by Crippen LogP contribution is -2.47. The van der Waals surface area contributed by atoms with Gasteiger partial charge in [-0.2, -0.15) is 5.10 Å². The molecule has 0 saturated heterocycles. The molecule has 6 nitrogen and oxygen atoms in total. The molecule has 0 aliphatic heterocycles. The van der Waals surface area contributed by atoms with E-state index in [9.17, 15) is 4.79 Å². The zero-order valence-electron chi connectivity index (χ0n) is 11.5. The summed E-state index contributed by atoms with van der Waals surface area (Å²) in [5, 5.41) is 13.5. The minimum atomic E-state index is -0.468. The fourth-order valence-electron chi connectivity index (χ4n) is 1.39. The van der Waals surface area contributed by atoms with Gasteiger partial charge in [0.25, 0.3) is 0 Å². The summed E-state index contributed by atoms with van der Waals surface area (Å²) in [6, 6.07) is 1.19. The molecule has 0 fully saturated rings. The number of nitrogens with zero attached hydrogens (tertiary/aromatic N) is 2. The first kappa shape index (κ1) is 15.3. The first-order chi connectivity index (χ1) is 8.70. The van der Waals surface area contributed by atoms with Gasteiger partial charge in [-0.15, -0.1) is 5.10 Å². The van der Waals surface area contributed by atoms with Crippen molar-refractivity contribution in [1.29, 1.82) is 0 Å². The van der Waals surface area contributed by atoms with Crippen molar-refractivity contribution >= 4 is 28.9 Å². The third-order valence-electron chi connectivity index (χ3n) is 2.23. The first-order valence-corrected chi connectivity index (χ1v) is 6.31. The molecule has 0 aliphatic carbocycles. The van der Waals surface area contributed by atoms with Crippen LogP contribution in [0, 0.1) is 0 Å². The van der Waals surface area contributed by atoms with E-state index in [0.29, 0.717) is 11.4 Å². The summed E-state index contributed by atoms with van der Waals surface area (Å²) in [5.74, 6) is 0.276. The van der Waals surface area contributed by atoms with Gasteiger partial charge in [-0.3, -0.25) is 4.79 Å². The van der Waals surface area contributed by atoms with Gasteiger partial charge in [0.15, 0.2) is 5.82 Å². The van der Waals surface area contributed by atoms with Crippen LogP contribution < -0.4 is 16.4 Å². The predicted molar refractivity (Wildman–Crippen MR) is 78.9 cm³/mol. The molecule has 1 heterocycles. The molecule has 0 bridgehead atoms. The van der Waals surface area contributed by atoms with Crippen LogP contribution in [-0.2, 0) is 4.79 Å². The van der Waals surface area contributed by atoms with Crippen molar-refractivity contribution in [1.82, 2.24) is 15.5 Å². The second-order valence-electron chi connectivity index (χ2n) is 5.26. The van der Waals surface area contributed by atoms with Crippen LogP contribution in [-0.4, -0.2) is 32.7 Å². The van der Waals surface area contributed by atoms with E-state index in [1.807, 2.05) is 20.8 Å². The zero-order valence-corrected chi connectivity index (χ0v) is 12.3. The lowest BCUT2D eigenvalue weighted by atomic mass is 10.1. The van der Waals surface area contributed by atoms with Crippen molar-refractivity contribution in [2.45, 2.75) is 39.3 Å². The molecular weight excluding hydrogens is 262 g/mol. The van der Waals surface area contributed by atoms with Crippen LogP contribution in [0.4, 0.5) is 5.82 Å². The van der Waals surface area contributed by atoms with Crippen molar-refractivity contribution in [2.75, 3.05) is 5.32 Å². The summed E-state index contributed by atoms with van der Waals surface area (Å²) in [4.78, 5) is 12.2. The molecule has 0 aromatic carbocycles. The van der Waals surface area contributed by atoms with E-state index in [4.69, 9.17) is 18.0 Å². The van der Waals surface area contributed by atoms with Gasteiger partial charge >= 0.3 is 0 Å². The topological polar surface area (TPSA) is 92.9 Å². The summed E-state index contributed by atoms with van der Waals surface area (Å²) in [6.07, 6.45) is 1.50. The molecule has 7 heteroatoms. The highest BCUT2D eigenvalue weighted by Crippen LogP contribution is 2.11. The van der Waals surface area contributed by atoms with Crippen LogP contribution in [0.25, 0.3) is 0 Å². The lowest BCUT2D eigenvalue weighted by Gasteiger charge is -2.24. The largest absolute Gasteiger partial charge is 0.389 e. The van der Waals surface area contributed by atoms with Crippen molar-refractivity contribution in [2.24, 2.45) is 5.73 Å². The second-order valence-corrected chi connectivity index (χ2v) is 5.70. The number of carbonyl (C=O) groups is 1. The Kier molecular flexibility index (Phi) is 4.77. The van der Waals surface area contributed by atoms with E-state index in [1.54, 1.807) is 13.0 Å². The summed E-state index contributed by atoms with van der Waals surface area (Å²) >= 11 is 4.93. The number of aromatic nitrogens is 2. The highest BCUT2D eigenvalue weighted by molar-refractivity contribution is 7.80. The van der Waals surface area contributed by atoms with Crippen LogP contribution in [0.5, 0.6) is 0 Å². The van der Waals surface area contributed by atoms with Gasteiger partial charge in [-0.05, 0) is 33.8 Å². The molecule has 1 amide bonds. The number of hydrogen-bond acceptors (Lipinski definition) is 5. The maximum absolute atomic E-state index is 12.0. The molecule has 1 atom stereocenters. The normalized spacial score (nSPS) is 12.6. The Labute approximate surface area is 118 Å². The number of rotatable bonds is 4. The van der Waals surface area contributed by atoms with Crippen LogP contribution in [0.15, 0.2) is 12.3 Å². The first-order valence-electron chi connectivity index (χ1n) is 5.91. The standard InChI is InChI=1S/C12H19N5OS/c1-7(11(18)16-12(2,3)4)15-10-8(9(13)19)5-6-14-17-10/h5-7H,1-4H3,(H2,13,19)(H,15,17)(H,16,18). The Hall–Kier alpha value is -1.76. The Morgan fingerprint density at radius 3 is 2.63 bits per heavy atom. The van der Waals surface area contributed by atoms with Crippen LogP contribution in [0.3, 0.4) is 0 Å². The van der Waals surface area contributed by atoms with Crippen molar-refractivity contribution in [3.05, 3.63) is 17.8 Å². The number of nitrogens with one attached hydrogen (secondary N) is 2. The molecule has 1 unspecified atom stereocenters. The van der Waals surface area contributed by atoms with Gasteiger partial charge in [-0.1, -0.05) is 12.2 Å². The summed E-state index contributed by atoms with van der Waals surface area (Å²) in [5.41, 5.74) is 5.87. The second kappa shape index (κ2) is 5.92. The zero-order chi connectivity index (χ0) is 14.6. The van der Waals surface area contributed by atoms with E-state index in [0.717, 1.165) is 0 Å². The smallest absolute Gasteiger partial charge is 0.242 e. The van der Waals surface area contributed by atoms with Crippen LogP contribution in [0.2, 0.25) is 0 Å². The van der Waals surface area contributed by atoms with E-state index >= 15 is 0 Å². The number of anilines is 1. The fraction of sp³-hybridized carbons (Fsp3) is 0.500. The highest BCUT2D eigenvalue weighted by atomic mass is 32.1. The molecule has 0 aliphatic rings. The third kappa shape index (κ3) is 4.78. The summed E-state index contributed by atoms with van der Waals surface area (Å²) < 4.78 is 0. The Morgan fingerprint density at radius 2 is 2.11 bits per heavy atom. The molecule has 1 rings (SSSR count). The highest BCUT2D eigenvalue weighted by Gasteiger charge is 2.20. The molecule has 0 saturated carbocycles. The van der Waals surface area contributed by atoms with Gasteiger partial charge in [0.1, 0.15) is 11.0 Å². The number of thiocarbonyl (C=S) groups is 1. The van der Waals surface area contributed by atoms with Crippen LogP contribution >= 0.6 is 12.2 Å². The molecule has 4 N–H and O–H groups in total. The van der Waals surface area contributed by atoms with Gasteiger partial charge in [0.05, 0.1) is 11.8 Å². The molecule has 0 radical (unpaired) electrons. The average molecular weight is 281 g/mol. The lowest BCUT2D eigenvalue weighted by molar-refractivity contribution is -0.122. The Morgan fingerprint density at radius 1 is 1.47 bits per heavy atom.